The lowest BCUT2D eigenvalue weighted by Gasteiger charge is -2.05. The molecule has 0 saturated carbocycles. The van der Waals surface area contributed by atoms with E-state index < -0.39 is 17.7 Å². The molecule has 0 spiro atoms. The second-order valence-corrected chi connectivity index (χ2v) is 4.29. The van der Waals surface area contributed by atoms with E-state index in [1.807, 2.05) is 0 Å². The topological polar surface area (TPSA) is 84.2 Å². The number of amides is 1. The number of carboxylic acid groups (broad SMARTS) is 1. The van der Waals surface area contributed by atoms with E-state index in [0.29, 0.717) is 5.69 Å². The minimum absolute atomic E-state index is 0.0659. The number of imidazole rings is 1. The molecule has 0 atom stereocenters. The molecule has 21 heavy (non-hydrogen) atoms. The van der Waals surface area contributed by atoms with Crippen molar-refractivity contribution in [3.8, 4) is 0 Å². The van der Waals surface area contributed by atoms with Crippen molar-refractivity contribution in [2.24, 2.45) is 7.05 Å². The molecule has 108 valence electrons. The summed E-state index contributed by atoms with van der Waals surface area (Å²) in [7, 11) is 1.73. The van der Waals surface area contributed by atoms with Gasteiger partial charge in [0.15, 0.2) is 0 Å². The molecular weight excluding hydrogens is 277 g/mol. The first-order valence-corrected chi connectivity index (χ1v) is 5.95. The van der Waals surface area contributed by atoms with Crippen LogP contribution in [-0.4, -0.2) is 26.5 Å². The molecule has 1 heterocycles. The summed E-state index contributed by atoms with van der Waals surface area (Å²) in [6, 6.07) is 3.87. The number of hydrogen-bond acceptors (Lipinski definition) is 3. The molecule has 7 heteroatoms. The number of anilines is 1. The molecule has 1 aromatic carbocycles. The molecule has 6 nitrogen and oxygen atoms in total. The van der Waals surface area contributed by atoms with Gasteiger partial charge in [-0.05, 0) is 24.3 Å². The number of rotatable bonds is 4. The van der Waals surface area contributed by atoms with E-state index in [2.05, 4.69) is 10.3 Å². The van der Waals surface area contributed by atoms with Crippen molar-refractivity contribution >= 4 is 23.6 Å². The molecule has 0 saturated heterocycles. The van der Waals surface area contributed by atoms with Crippen LogP contribution in [0, 0.1) is 5.82 Å². The van der Waals surface area contributed by atoms with Gasteiger partial charge in [0.25, 0.3) is 5.91 Å². The number of aromatic nitrogens is 2. The minimum Gasteiger partial charge on any atom is -0.478 e. The van der Waals surface area contributed by atoms with Crippen LogP contribution < -0.4 is 5.32 Å². The fourth-order valence-electron chi connectivity index (χ4n) is 1.64. The fraction of sp³-hybridized carbons (Fsp3) is 0.0714. The number of hydrogen-bond donors (Lipinski definition) is 2. The number of aliphatic carboxylic acids is 1. The maximum Gasteiger partial charge on any atom is 0.328 e. The summed E-state index contributed by atoms with van der Waals surface area (Å²) in [5, 5.41) is 11.1. The average molecular weight is 289 g/mol. The predicted octanol–water partition coefficient (Wildman–Crippen LogP) is 1.91. The van der Waals surface area contributed by atoms with Crippen molar-refractivity contribution < 1.29 is 19.1 Å². The number of carbonyl (C=O) groups excluding carboxylic acids is 1. The van der Waals surface area contributed by atoms with Crippen molar-refractivity contribution in [1.29, 1.82) is 0 Å². The zero-order chi connectivity index (χ0) is 15.4. The molecule has 2 aromatic rings. The number of carboxylic acids is 1. The zero-order valence-corrected chi connectivity index (χ0v) is 11.1. The maximum atomic E-state index is 13.5. The fourth-order valence-corrected chi connectivity index (χ4v) is 1.64. The van der Waals surface area contributed by atoms with Gasteiger partial charge in [-0.2, -0.15) is 0 Å². The number of halogens is 1. The Morgan fingerprint density at radius 1 is 1.43 bits per heavy atom. The second-order valence-electron chi connectivity index (χ2n) is 4.29. The van der Waals surface area contributed by atoms with Gasteiger partial charge >= 0.3 is 5.97 Å². The minimum atomic E-state index is -1.18. The molecule has 0 aliphatic carbocycles. The van der Waals surface area contributed by atoms with Crippen LogP contribution in [0.3, 0.4) is 0 Å². The molecule has 2 N–H and O–H groups in total. The lowest BCUT2D eigenvalue weighted by molar-refractivity contribution is -0.131. The van der Waals surface area contributed by atoms with Crippen LogP contribution in [0.1, 0.15) is 16.1 Å². The van der Waals surface area contributed by atoms with Crippen molar-refractivity contribution in [1.82, 2.24) is 9.55 Å². The third-order valence-electron chi connectivity index (χ3n) is 2.60. The Kier molecular flexibility index (Phi) is 4.13. The lowest BCUT2D eigenvalue weighted by Crippen LogP contribution is -2.12. The van der Waals surface area contributed by atoms with Gasteiger partial charge in [0.05, 0.1) is 6.33 Å². The third kappa shape index (κ3) is 3.75. The van der Waals surface area contributed by atoms with Crippen molar-refractivity contribution in [3.63, 3.8) is 0 Å². The molecule has 1 aromatic heterocycles. The zero-order valence-electron chi connectivity index (χ0n) is 11.1. The normalized spacial score (nSPS) is 10.8. The van der Waals surface area contributed by atoms with Gasteiger partial charge in [0, 0.05) is 30.6 Å². The highest BCUT2D eigenvalue weighted by atomic mass is 19.1. The summed E-state index contributed by atoms with van der Waals surface area (Å²) < 4.78 is 15.1. The number of nitrogens with one attached hydrogen (secondary N) is 1. The molecule has 0 aliphatic rings. The average Bonchev–Trinajstić information content (AvgIpc) is 2.86. The standard InChI is InChI=1S/C14H12FN3O3/c1-18-7-12(16-8-18)14(21)17-10-3-4-11(15)9(6-10)2-5-13(19)20/h2-8H,1H3,(H,17,21)(H,19,20)/b5-2+. The predicted molar refractivity (Wildman–Crippen MR) is 74.2 cm³/mol. The van der Waals surface area contributed by atoms with Crippen LogP contribution in [0.2, 0.25) is 0 Å². The molecule has 2 rings (SSSR count). The summed E-state index contributed by atoms with van der Waals surface area (Å²) in [4.78, 5) is 26.2. The Morgan fingerprint density at radius 3 is 2.81 bits per heavy atom. The van der Waals surface area contributed by atoms with Crippen molar-refractivity contribution in [2.75, 3.05) is 5.32 Å². The first-order chi connectivity index (χ1) is 9.95. The number of carbonyl (C=O) groups is 2. The van der Waals surface area contributed by atoms with E-state index >= 15 is 0 Å². The molecule has 0 bridgehead atoms. The van der Waals surface area contributed by atoms with E-state index in [-0.39, 0.29) is 11.3 Å². The van der Waals surface area contributed by atoms with E-state index in [1.54, 1.807) is 17.8 Å². The first kappa shape index (κ1) is 14.4. The van der Waals surface area contributed by atoms with Gasteiger partial charge in [-0.15, -0.1) is 0 Å². The lowest BCUT2D eigenvalue weighted by atomic mass is 10.1. The number of benzene rings is 1. The molecule has 0 radical (unpaired) electrons. The van der Waals surface area contributed by atoms with E-state index in [1.165, 1.54) is 18.5 Å². The maximum absolute atomic E-state index is 13.5. The molecule has 1 amide bonds. The van der Waals surface area contributed by atoms with E-state index in [9.17, 15) is 14.0 Å². The summed E-state index contributed by atoms with van der Waals surface area (Å²) >= 11 is 0. The highest BCUT2D eigenvalue weighted by Gasteiger charge is 2.10. The Bertz CT molecular complexity index is 722. The summed E-state index contributed by atoms with van der Waals surface area (Å²) in [6.45, 7) is 0. The highest BCUT2D eigenvalue weighted by Crippen LogP contribution is 2.17. The smallest absolute Gasteiger partial charge is 0.328 e. The van der Waals surface area contributed by atoms with E-state index in [0.717, 1.165) is 18.2 Å². The Balaban J connectivity index is 2.19. The largest absolute Gasteiger partial charge is 0.478 e. The van der Waals surface area contributed by atoms with Crippen molar-refractivity contribution in [2.45, 2.75) is 0 Å². The van der Waals surface area contributed by atoms with Crippen LogP contribution in [0.4, 0.5) is 10.1 Å². The summed E-state index contributed by atoms with van der Waals surface area (Å²) in [5.41, 5.74) is 0.637. The summed E-state index contributed by atoms with van der Waals surface area (Å²) in [5.74, 6) is -2.20. The second kappa shape index (κ2) is 6.00. The van der Waals surface area contributed by atoms with Crippen LogP contribution in [-0.2, 0) is 11.8 Å². The number of aryl methyl sites for hydroxylation is 1. The quantitative estimate of drug-likeness (QED) is 0.842. The highest BCUT2D eigenvalue weighted by molar-refractivity contribution is 6.02. The molecule has 0 unspecified atom stereocenters. The van der Waals surface area contributed by atoms with Gasteiger partial charge in [-0.25, -0.2) is 14.2 Å². The summed E-state index contributed by atoms with van der Waals surface area (Å²) in [6.07, 6.45) is 4.97. The van der Waals surface area contributed by atoms with Crippen LogP contribution in [0.25, 0.3) is 6.08 Å². The SMILES string of the molecule is Cn1cnc(C(=O)Nc2ccc(F)c(/C=C/C(=O)O)c2)c1. The van der Waals surface area contributed by atoms with Gasteiger partial charge in [0.1, 0.15) is 11.5 Å². The van der Waals surface area contributed by atoms with E-state index in [4.69, 9.17) is 5.11 Å². The Morgan fingerprint density at radius 2 is 2.19 bits per heavy atom. The first-order valence-electron chi connectivity index (χ1n) is 5.95. The van der Waals surface area contributed by atoms with Gasteiger partial charge in [-0.3, -0.25) is 4.79 Å². The number of nitrogens with zero attached hydrogens (tertiary/aromatic N) is 2. The monoisotopic (exact) mass is 289 g/mol. The van der Waals surface area contributed by atoms with Crippen molar-refractivity contribution in [3.05, 3.63) is 53.9 Å². The molecule has 0 aliphatic heterocycles. The van der Waals surface area contributed by atoms with Crippen LogP contribution >= 0.6 is 0 Å². The van der Waals surface area contributed by atoms with Crippen LogP contribution in [0.5, 0.6) is 0 Å². The molecular formula is C14H12FN3O3. The van der Waals surface area contributed by atoms with Crippen LogP contribution in [0.15, 0.2) is 36.8 Å². The van der Waals surface area contributed by atoms with Gasteiger partial charge < -0.3 is 15.0 Å². The van der Waals surface area contributed by atoms with Gasteiger partial charge in [-0.1, -0.05) is 0 Å². The molecule has 0 fully saturated rings. The Labute approximate surface area is 119 Å². The Hall–Kier alpha value is -2.96. The van der Waals surface area contributed by atoms with Gasteiger partial charge in [0.2, 0.25) is 0 Å². The third-order valence-corrected chi connectivity index (χ3v) is 2.60.